The number of esters is 1. The Labute approximate surface area is 176 Å². The highest BCUT2D eigenvalue weighted by atomic mass is 16.6. The van der Waals surface area contributed by atoms with E-state index in [0.717, 1.165) is 25.7 Å². The van der Waals surface area contributed by atoms with E-state index in [1.807, 2.05) is 13.0 Å². The lowest BCUT2D eigenvalue weighted by Gasteiger charge is -2.56. The van der Waals surface area contributed by atoms with Crippen LogP contribution in [0.4, 0.5) is 0 Å². The van der Waals surface area contributed by atoms with E-state index in [1.165, 1.54) is 31.8 Å². The molecule has 0 aromatic heterocycles. The van der Waals surface area contributed by atoms with E-state index >= 15 is 0 Å². The van der Waals surface area contributed by atoms with E-state index in [2.05, 4.69) is 13.8 Å². The Hall–Kier alpha value is -1.16. The van der Waals surface area contributed by atoms with Gasteiger partial charge >= 0.3 is 5.97 Å². The zero-order valence-electron chi connectivity index (χ0n) is 19.0. The van der Waals surface area contributed by atoms with Crippen LogP contribution >= 0.6 is 0 Å². The Morgan fingerprint density at radius 1 is 1.41 bits per heavy atom. The van der Waals surface area contributed by atoms with Crippen molar-refractivity contribution in [2.75, 3.05) is 0 Å². The molecule has 0 aliphatic heterocycles. The Bertz CT molecular complexity index is 666. The van der Waals surface area contributed by atoms with Crippen LogP contribution in [0.25, 0.3) is 0 Å². The van der Waals surface area contributed by atoms with Crippen molar-refractivity contribution in [2.24, 2.45) is 29.1 Å². The molecule has 0 amide bonds. The summed E-state index contributed by atoms with van der Waals surface area (Å²) in [5.41, 5.74) is 0.796. The van der Waals surface area contributed by atoms with Crippen LogP contribution in [0.2, 0.25) is 0 Å². The molecule has 4 heteroatoms. The minimum atomic E-state index is -0.773. The summed E-state index contributed by atoms with van der Waals surface area (Å²) < 4.78 is 5.68. The molecule has 0 saturated heterocycles. The monoisotopic (exact) mass is 404 g/mol. The maximum absolute atomic E-state index is 12.1. The lowest BCUT2D eigenvalue weighted by Crippen LogP contribution is -2.49. The van der Waals surface area contributed by atoms with Gasteiger partial charge in [0.05, 0.1) is 6.10 Å². The summed E-state index contributed by atoms with van der Waals surface area (Å²) in [5.74, 6) is 2.37. The third-order valence-corrected chi connectivity index (χ3v) is 8.70. The van der Waals surface area contributed by atoms with Crippen molar-refractivity contribution in [3.8, 4) is 0 Å². The van der Waals surface area contributed by atoms with Crippen molar-refractivity contribution < 1.29 is 19.4 Å². The number of ketones is 1. The number of carbonyl (C=O) groups excluding carboxylic acids is 2. The maximum atomic E-state index is 12.1. The first kappa shape index (κ1) is 22.5. The molecular formula is C25H40O4. The second kappa shape index (κ2) is 8.53. The maximum Gasteiger partial charge on any atom is 0.303 e. The number of allylic oxidation sites excluding steroid dienone is 2. The first-order valence-corrected chi connectivity index (χ1v) is 11.8. The lowest BCUT2D eigenvalue weighted by atomic mass is 9.48. The standard InChI is InChI=1S/C25H40O4/c1-6-25(17(3)26,29-18(4)27)13-10-19-8-7-9-22-21(19)14-16(2)23-15-20(28)11-12-24(22,23)5/h15-17,19,21-22,26H,6-14H2,1-5H3/t16-,17?,19?,21-,22-,24+,25-/m0/s1. The molecular weight excluding hydrogens is 364 g/mol. The summed E-state index contributed by atoms with van der Waals surface area (Å²) in [6.07, 6.45) is 10.2. The first-order chi connectivity index (χ1) is 13.6. The van der Waals surface area contributed by atoms with Gasteiger partial charge in [-0.25, -0.2) is 0 Å². The van der Waals surface area contributed by atoms with E-state index in [1.54, 1.807) is 6.92 Å². The quantitative estimate of drug-likeness (QED) is 0.616. The van der Waals surface area contributed by atoms with Crippen LogP contribution < -0.4 is 0 Å². The molecule has 7 atom stereocenters. The molecule has 4 nitrogen and oxygen atoms in total. The number of aliphatic hydroxyl groups is 1. The van der Waals surface area contributed by atoms with Crippen LogP contribution in [0.15, 0.2) is 11.6 Å². The molecule has 0 aromatic carbocycles. The van der Waals surface area contributed by atoms with E-state index in [-0.39, 0.29) is 11.4 Å². The SMILES string of the molecule is CC[C@@](CCC1CCC[C@H]2[C@H]1C[C@H](C)C1=CC(=O)CC[C@@]12C)(OC(C)=O)C(C)O. The molecule has 3 rings (SSSR count). The van der Waals surface area contributed by atoms with Crippen LogP contribution in [0.5, 0.6) is 0 Å². The Kier molecular flexibility index (Phi) is 6.62. The summed E-state index contributed by atoms with van der Waals surface area (Å²) in [6.45, 7) is 9.89. The van der Waals surface area contributed by atoms with Gasteiger partial charge in [-0.2, -0.15) is 0 Å². The zero-order valence-corrected chi connectivity index (χ0v) is 19.0. The average Bonchev–Trinajstić information content (AvgIpc) is 2.66. The van der Waals surface area contributed by atoms with Gasteiger partial charge < -0.3 is 9.84 Å². The third-order valence-electron chi connectivity index (χ3n) is 8.70. The van der Waals surface area contributed by atoms with Gasteiger partial charge in [-0.3, -0.25) is 9.59 Å². The first-order valence-electron chi connectivity index (χ1n) is 11.8. The second-order valence-corrected chi connectivity index (χ2v) is 10.3. The van der Waals surface area contributed by atoms with Crippen molar-refractivity contribution >= 4 is 11.8 Å². The van der Waals surface area contributed by atoms with Gasteiger partial charge in [-0.05, 0) is 80.6 Å². The molecule has 3 aliphatic rings. The highest BCUT2D eigenvalue weighted by molar-refractivity contribution is 5.91. The van der Waals surface area contributed by atoms with Crippen LogP contribution in [-0.4, -0.2) is 28.6 Å². The lowest BCUT2D eigenvalue weighted by molar-refractivity contribution is -0.173. The second-order valence-electron chi connectivity index (χ2n) is 10.3. The van der Waals surface area contributed by atoms with Gasteiger partial charge in [0.25, 0.3) is 0 Å². The summed E-state index contributed by atoms with van der Waals surface area (Å²) in [5, 5.41) is 10.4. The smallest absolute Gasteiger partial charge is 0.303 e. The number of fused-ring (bicyclic) bond motifs is 3. The Balaban J connectivity index is 1.79. The van der Waals surface area contributed by atoms with Gasteiger partial charge in [-0.1, -0.05) is 39.2 Å². The average molecular weight is 405 g/mol. The number of hydrogen-bond acceptors (Lipinski definition) is 4. The Morgan fingerprint density at radius 3 is 2.76 bits per heavy atom. The van der Waals surface area contributed by atoms with Crippen molar-refractivity contribution in [1.29, 1.82) is 0 Å². The number of aliphatic hydroxyl groups excluding tert-OH is 1. The summed E-state index contributed by atoms with van der Waals surface area (Å²) in [4.78, 5) is 23.8. The number of ether oxygens (including phenoxy) is 1. The Morgan fingerprint density at radius 2 is 2.14 bits per heavy atom. The normalized spacial score (nSPS) is 37.6. The fourth-order valence-electron chi connectivity index (χ4n) is 7.05. The topological polar surface area (TPSA) is 63.6 Å². The summed E-state index contributed by atoms with van der Waals surface area (Å²) in [6, 6.07) is 0. The molecule has 1 N–H and O–H groups in total. The van der Waals surface area contributed by atoms with Gasteiger partial charge in [0.2, 0.25) is 0 Å². The van der Waals surface area contributed by atoms with E-state index in [0.29, 0.717) is 42.3 Å². The third kappa shape index (κ3) is 4.19. The molecule has 0 spiro atoms. The molecule has 2 unspecified atom stereocenters. The van der Waals surface area contributed by atoms with Crippen LogP contribution in [-0.2, 0) is 14.3 Å². The van der Waals surface area contributed by atoms with Gasteiger partial charge in [0.15, 0.2) is 5.78 Å². The molecule has 0 heterocycles. The van der Waals surface area contributed by atoms with Crippen molar-refractivity contribution in [2.45, 2.75) is 104 Å². The van der Waals surface area contributed by atoms with Crippen LogP contribution in [0.3, 0.4) is 0 Å². The zero-order chi connectivity index (χ0) is 21.4. The number of hydrogen-bond donors (Lipinski definition) is 1. The van der Waals surface area contributed by atoms with Gasteiger partial charge in [0, 0.05) is 13.3 Å². The molecule has 0 radical (unpaired) electrons. The summed E-state index contributed by atoms with van der Waals surface area (Å²) >= 11 is 0. The largest absolute Gasteiger partial charge is 0.457 e. The number of rotatable bonds is 6. The molecule has 164 valence electrons. The van der Waals surface area contributed by atoms with Gasteiger partial charge in [0.1, 0.15) is 5.60 Å². The molecule has 2 saturated carbocycles. The molecule has 2 fully saturated rings. The van der Waals surface area contributed by atoms with E-state index in [9.17, 15) is 14.7 Å². The van der Waals surface area contributed by atoms with Crippen molar-refractivity contribution in [1.82, 2.24) is 0 Å². The molecule has 3 aliphatic carbocycles. The molecule has 0 bridgehead atoms. The van der Waals surface area contributed by atoms with Crippen molar-refractivity contribution in [3.63, 3.8) is 0 Å². The molecule has 29 heavy (non-hydrogen) atoms. The van der Waals surface area contributed by atoms with Crippen LogP contribution in [0.1, 0.15) is 92.4 Å². The van der Waals surface area contributed by atoms with E-state index < -0.39 is 11.7 Å². The minimum Gasteiger partial charge on any atom is -0.457 e. The van der Waals surface area contributed by atoms with E-state index in [4.69, 9.17) is 4.74 Å². The summed E-state index contributed by atoms with van der Waals surface area (Å²) in [7, 11) is 0. The fraction of sp³-hybridized carbons (Fsp3) is 0.840. The minimum absolute atomic E-state index is 0.164. The molecule has 0 aromatic rings. The number of carbonyl (C=O) groups is 2. The van der Waals surface area contributed by atoms with Crippen LogP contribution in [0, 0.1) is 29.1 Å². The van der Waals surface area contributed by atoms with Gasteiger partial charge in [-0.15, -0.1) is 0 Å². The van der Waals surface area contributed by atoms with Crippen molar-refractivity contribution in [3.05, 3.63) is 11.6 Å². The highest BCUT2D eigenvalue weighted by Gasteiger charge is 2.52. The predicted octanol–water partition coefficient (Wildman–Crippen LogP) is 5.23. The fourth-order valence-corrected chi connectivity index (χ4v) is 7.05. The highest BCUT2D eigenvalue weighted by Crippen LogP contribution is 2.60. The predicted molar refractivity (Wildman–Crippen MR) is 114 cm³/mol.